The van der Waals surface area contributed by atoms with Gasteiger partial charge in [0, 0.05) is 0 Å². The summed E-state index contributed by atoms with van der Waals surface area (Å²) in [5.74, 6) is -0.0517. The van der Waals surface area contributed by atoms with Crippen LogP contribution < -0.4 is 0 Å². The Morgan fingerprint density at radius 1 is 1.21 bits per heavy atom. The van der Waals surface area contributed by atoms with E-state index in [1.54, 1.807) is 0 Å². The van der Waals surface area contributed by atoms with Crippen LogP contribution in [0.5, 0.6) is 0 Å². The molecule has 0 fully saturated rings. The Hall–Kier alpha value is -0.530. The van der Waals surface area contributed by atoms with E-state index in [4.69, 9.17) is 5.11 Å². The Balaban J connectivity index is 3.79. The molecule has 1 N–H and O–H groups in total. The third-order valence-electron chi connectivity index (χ3n) is 2.96. The molecule has 0 aromatic heterocycles. The van der Waals surface area contributed by atoms with Crippen molar-refractivity contribution in [3.05, 3.63) is 0 Å². The summed E-state index contributed by atoms with van der Waals surface area (Å²) in [6.07, 6.45) is 6.04. The molecule has 0 bridgehead atoms. The SMILES string of the molecule is CCCCC(CCC(C)CC)C(=O)O. The first-order chi connectivity index (χ1) is 6.61. The normalized spacial score (nSPS) is 15.1. The van der Waals surface area contributed by atoms with Gasteiger partial charge in [-0.05, 0) is 25.2 Å². The fraction of sp³-hybridized carbons (Fsp3) is 0.917. The lowest BCUT2D eigenvalue weighted by molar-refractivity contribution is -0.142. The average molecular weight is 200 g/mol. The summed E-state index contributed by atoms with van der Waals surface area (Å²) in [4.78, 5) is 10.9. The number of carboxylic acid groups (broad SMARTS) is 1. The van der Waals surface area contributed by atoms with Gasteiger partial charge < -0.3 is 5.11 Å². The third kappa shape index (κ3) is 6.01. The maximum absolute atomic E-state index is 10.9. The molecule has 0 aromatic carbocycles. The van der Waals surface area contributed by atoms with E-state index in [-0.39, 0.29) is 5.92 Å². The molecular formula is C12H24O2. The van der Waals surface area contributed by atoms with Crippen LogP contribution in [0.15, 0.2) is 0 Å². The van der Waals surface area contributed by atoms with E-state index in [1.165, 1.54) is 0 Å². The second-order valence-electron chi connectivity index (χ2n) is 4.27. The molecule has 0 heterocycles. The van der Waals surface area contributed by atoms with Crippen LogP contribution in [0.25, 0.3) is 0 Å². The number of hydrogen-bond donors (Lipinski definition) is 1. The van der Waals surface area contributed by atoms with Gasteiger partial charge in [-0.15, -0.1) is 0 Å². The summed E-state index contributed by atoms with van der Waals surface area (Å²) in [6.45, 7) is 6.46. The number of carboxylic acids is 1. The van der Waals surface area contributed by atoms with Gasteiger partial charge in [0.1, 0.15) is 0 Å². The van der Waals surface area contributed by atoms with Crippen LogP contribution >= 0.6 is 0 Å². The van der Waals surface area contributed by atoms with E-state index < -0.39 is 5.97 Å². The van der Waals surface area contributed by atoms with E-state index in [0.717, 1.165) is 38.5 Å². The van der Waals surface area contributed by atoms with Crippen LogP contribution in [0.4, 0.5) is 0 Å². The summed E-state index contributed by atoms with van der Waals surface area (Å²) < 4.78 is 0. The van der Waals surface area contributed by atoms with Crippen molar-refractivity contribution in [1.82, 2.24) is 0 Å². The molecule has 2 unspecified atom stereocenters. The van der Waals surface area contributed by atoms with Crippen molar-refractivity contribution < 1.29 is 9.90 Å². The first kappa shape index (κ1) is 13.5. The summed E-state index contributed by atoms with van der Waals surface area (Å²) >= 11 is 0. The number of aliphatic carboxylic acids is 1. The van der Waals surface area contributed by atoms with E-state index in [9.17, 15) is 4.79 Å². The van der Waals surface area contributed by atoms with Gasteiger partial charge in [0.05, 0.1) is 5.92 Å². The van der Waals surface area contributed by atoms with Crippen LogP contribution in [-0.4, -0.2) is 11.1 Å². The smallest absolute Gasteiger partial charge is 0.306 e. The van der Waals surface area contributed by atoms with Crippen molar-refractivity contribution >= 4 is 5.97 Å². The van der Waals surface area contributed by atoms with Crippen molar-refractivity contribution in [1.29, 1.82) is 0 Å². The molecule has 0 saturated carbocycles. The molecular weight excluding hydrogens is 176 g/mol. The van der Waals surface area contributed by atoms with E-state index >= 15 is 0 Å². The van der Waals surface area contributed by atoms with Gasteiger partial charge in [0.2, 0.25) is 0 Å². The van der Waals surface area contributed by atoms with Crippen LogP contribution in [0.1, 0.15) is 59.3 Å². The highest BCUT2D eigenvalue weighted by molar-refractivity contribution is 5.69. The summed E-state index contributed by atoms with van der Waals surface area (Å²) in [6, 6.07) is 0. The highest BCUT2D eigenvalue weighted by Crippen LogP contribution is 2.19. The number of hydrogen-bond acceptors (Lipinski definition) is 1. The number of rotatable bonds is 8. The van der Waals surface area contributed by atoms with Crippen molar-refractivity contribution in [2.45, 2.75) is 59.3 Å². The standard InChI is InChI=1S/C12H24O2/c1-4-6-7-11(12(13)14)9-8-10(3)5-2/h10-11H,4-9H2,1-3H3,(H,13,14). The Labute approximate surface area is 87.7 Å². The Morgan fingerprint density at radius 3 is 2.29 bits per heavy atom. The lowest BCUT2D eigenvalue weighted by Crippen LogP contribution is -2.14. The predicted octanol–water partition coefficient (Wildman–Crippen LogP) is 3.70. The monoisotopic (exact) mass is 200 g/mol. The number of unbranched alkanes of at least 4 members (excludes halogenated alkanes) is 1. The molecule has 84 valence electrons. The van der Waals surface area contributed by atoms with Gasteiger partial charge in [0.25, 0.3) is 0 Å². The lowest BCUT2D eigenvalue weighted by atomic mass is 9.92. The quantitative estimate of drug-likeness (QED) is 0.648. The average Bonchev–Trinajstić information content (AvgIpc) is 2.16. The van der Waals surface area contributed by atoms with Crippen molar-refractivity contribution in [2.24, 2.45) is 11.8 Å². The Kier molecular flexibility index (Phi) is 7.54. The maximum atomic E-state index is 10.9. The van der Waals surface area contributed by atoms with Crippen LogP contribution in [0.2, 0.25) is 0 Å². The zero-order valence-corrected chi connectivity index (χ0v) is 9.75. The van der Waals surface area contributed by atoms with E-state index in [1.807, 2.05) is 0 Å². The summed E-state index contributed by atoms with van der Waals surface area (Å²) in [5, 5.41) is 8.99. The largest absolute Gasteiger partial charge is 0.481 e. The molecule has 0 aliphatic rings. The van der Waals surface area contributed by atoms with Gasteiger partial charge in [-0.1, -0.05) is 40.0 Å². The van der Waals surface area contributed by atoms with Gasteiger partial charge in [-0.25, -0.2) is 0 Å². The Bertz CT molecular complexity index is 154. The van der Waals surface area contributed by atoms with Gasteiger partial charge in [-0.2, -0.15) is 0 Å². The van der Waals surface area contributed by atoms with Crippen LogP contribution in [0, 0.1) is 11.8 Å². The first-order valence-electron chi connectivity index (χ1n) is 5.84. The highest BCUT2D eigenvalue weighted by Gasteiger charge is 2.17. The predicted molar refractivity (Wildman–Crippen MR) is 59.3 cm³/mol. The lowest BCUT2D eigenvalue weighted by Gasteiger charge is -2.14. The highest BCUT2D eigenvalue weighted by atomic mass is 16.4. The molecule has 14 heavy (non-hydrogen) atoms. The second kappa shape index (κ2) is 7.84. The minimum atomic E-state index is -0.609. The number of carbonyl (C=O) groups is 1. The molecule has 2 atom stereocenters. The van der Waals surface area contributed by atoms with Crippen molar-refractivity contribution in [3.63, 3.8) is 0 Å². The molecule has 0 spiro atoms. The molecule has 0 aliphatic carbocycles. The maximum Gasteiger partial charge on any atom is 0.306 e. The van der Waals surface area contributed by atoms with Crippen molar-refractivity contribution in [2.75, 3.05) is 0 Å². The molecule has 0 rings (SSSR count). The molecule has 0 aliphatic heterocycles. The zero-order chi connectivity index (χ0) is 11.0. The zero-order valence-electron chi connectivity index (χ0n) is 9.75. The van der Waals surface area contributed by atoms with E-state index in [2.05, 4.69) is 20.8 Å². The Morgan fingerprint density at radius 2 is 1.86 bits per heavy atom. The van der Waals surface area contributed by atoms with Crippen LogP contribution in [-0.2, 0) is 4.79 Å². The fourth-order valence-corrected chi connectivity index (χ4v) is 1.53. The first-order valence-corrected chi connectivity index (χ1v) is 5.84. The van der Waals surface area contributed by atoms with Gasteiger partial charge in [-0.3, -0.25) is 4.79 Å². The molecule has 2 nitrogen and oxygen atoms in total. The van der Waals surface area contributed by atoms with Gasteiger partial charge in [0.15, 0.2) is 0 Å². The minimum absolute atomic E-state index is 0.107. The molecule has 0 radical (unpaired) electrons. The molecule has 0 aromatic rings. The summed E-state index contributed by atoms with van der Waals surface area (Å²) in [7, 11) is 0. The molecule has 0 amide bonds. The van der Waals surface area contributed by atoms with Gasteiger partial charge >= 0.3 is 5.97 Å². The summed E-state index contributed by atoms with van der Waals surface area (Å²) in [5.41, 5.74) is 0. The van der Waals surface area contributed by atoms with Crippen molar-refractivity contribution in [3.8, 4) is 0 Å². The van der Waals surface area contributed by atoms with Crippen LogP contribution in [0.3, 0.4) is 0 Å². The molecule has 0 saturated heterocycles. The van der Waals surface area contributed by atoms with E-state index in [0.29, 0.717) is 5.92 Å². The fourth-order valence-electron chi connectivity index (χ4n) is 1.53. The second-order valence-corrected chi connectivity index (χ2v) is 4.27. The third-order valence-corrected chi connectivity index (χ3v) is 2.96. The molecule has 2 heteroatoms. The topological polar surface area (TPSA) is 37.3 Å². The minimum Gasteiger partial charge on any atom is -0.481 e.